The van der Waals surface area contributed by atoms with Crippen LogP contribution >= 0.6 is 45.2 Å². The molecule has 0 amide bonds. The molecule has 1 aliphatic heterocycles. The average Bonchev–Trinajstić information content (AvgIpc) is 2.34. The molecule has 2 nitrogen and oxygen atoms in total. The highest BCUT2D eigenvalue weighted by Gasteiger charge is 2.15. The van der Waals surface area contributed by atoms with E-state index < -0.39 is 0 Å². The highest BCUT2D eigenvalue weighted by atomic mass is 127. The van der Waals surface area contributed by atoms with Gasteiger partial charge in [-0.15, -0.1) is 0 Å². The van der Waals surface area contributed by atoms with E-state index in [4.69, 9.17) is 4.42 Å². The second kappa shape index (κ2) is 4.24. The minimum atomic E-state index is 0.0396. The van der Waals surface area contributed by atoms with Gasteiger partial charge in [0.1, 0.15) is 9.15 Å². The van der Waals surface area contributed by atoms with Gasteiger partial charge in [-0.25, -0.2) is 0 Å². The summed E-state index contributed by atoms with van der Waals surface area (Å²) in [6, 6.07) is 11.7. The summed E-state index contributed by atoms with van der Waals surface area (Å²) in [4.78, 5) is 11.8. The van der Waals surface area contributed by atoms with Crippen molar-refractivity contribution in [3.05, 3.63) is 53.8 Å². The highest BCUT2D eigenvalue weighted by Crippen LogP contribution is 2.31. The number of fused-ring (bicyclic) bond motifs is 2. The molecular formula is C13H6I2O2. The largest absolute Gasteiger partial charge is 0.455 e. The van der Waals surface area contributed by atoms with E-state index in [-0.39, 0.29) is 5.43 Å². The summed E-state index contributed by atoms with van der Waals surface area (Å²) in [6.07, 6.45) is 0. The van der Waals surface area contributed by atoms with E-state index in [0.29, 0.717) is 9.33 Å². The van der Waals surface area contributed by atoms with Crippen LogP contribution in [-0.4, -0.2) is 0 Å². The van der Waals surface area contributed by atoms with Crippen molar-refractivity contribution in [2.45, 2.75) is 0 Å². The van der Waals surface area contributed by atoms with Gasteiger partial charge in [0.05, 0.1) is 3.57 Å². The van der Waals surface area contributed by atoms with E-state index in [0.717, 1.165) is 20.1 Å². The zero-order valence-corrected chi connectivity index (χ0v) is 12.9. The lowest BCUT2D eigenvalue weighted by atomic mass is 10.1. The summed E-state index contributed by atoms with van der Waals surface area (Å²) >= 11 is 4.11. The summed E-state index contributed by atoms with van der Waals surface area (Å²) < 4.78 is 7.18. The van der Waals surface area contributed by atoms with Crippen molar-refractivity contribution in [2.24, 2.45) is 0 Å². The van der Waals surface area contributed by atoms with Gasteiger partial charge in [0, 0.05) is 10.9 Å². The Hall–Kier alpha value is -0.630. The number of hydrogen-bond acceptors (Lipinski definition) is 2. The van der Waals surface area contributed by atoms with Crippen LogP contribution in [0.4, 0.5) is 0 Å². The molecule has 1 heterocycles. The van der Waals surface area contributed by atoms with Crippen LogP contribution < -0.4 is 5.43 Å². The van der Waals surface area contributed by atoms with Gasteiger partial charge in [0.25, 0.3) is 0 Å². The van der Waals surface area contributed by atoms with Crippen molar-refractivity contribution in [1.82, 2.24) is 0 Å². The molecule has 0 spiro atoms. The maximum absolute atomic E-state index is 11.8. The Morgan fingerprint density at radius 2 is 1.82 bits per heavy atom. The fourth-order valence-electron chi connectivity index (χ4n) is 1.78. The van der Waals surface area contributed by atoms with Crippen molar-refractivity contribution in [2.75, 3.05) is 0 Å². The molecular weight excluding hydrogens is 442 g/mol. The van der Waals surface area contributed by atoms with E-state index in [1.807, 2.05) is 52.9 Å². The maximum atomic E-state index is 11.8. The number of rotatable bonds is 0. The number of benzene rings is 2. The van der Waals surface area contributed by atoms with Crippen molar-refractivity contribution in [3.63, 3.8) is 0 Å². The third kappa shape index (κ3) is 1.87. The molecule has 0 N–H and O–H groups in total. The number of hydrogen-bond donors (Lipinski definition) is 0. The second-order valence-electron chi connectivity index (χ2n) is 3.70. The van der Waals surface area contributed by atoms with Gasteiger partial charge in [-0.2, -0.15) is 0 Å². The van der Waals surface area contributed by atoms with E-state index in [1.165, 1.54) is 0 Å². The molecule has 17 heavy (non-hydrogen) atoms. The lowest BCUT2D eigenvalue weighted by Crippen LogP contribution is -2.11. The fraction of sp³-hybridized carbons (Fsp3) is 0. The Balaban J connectivity index is 2.53. The van der Waals surface area contributed by atoms with E-state index in [2.05, 4.69) is 28.7 Å². The first kappa shape index (κ1) is 11.5. The zero-order valence-electron chi connectivity index (χ0n) is 8.54. The Morgan fingerprint density at radius 1 is 1.06 bits per heavy atom. The molecule has 2 aliphatic rings. The third-order valence-corrected chi connectivity index (χ3v) is 4.38. The Morgan fingerprint density at radius 3 is 2.65 bits per heavy atom. The zero-order chi connectivity index (χ0) is 12.0. The SMILES string of the molecule is O=c1c(I)cc2cc3ccccc3oc-2c1I. The van der Waals surface area contributed by atoms with Crippen LogP contribution in [-0.2, 0) is 0 Å². The number of para-hydroxylation sites is 1. The fourth-order valence-corrected chi connectivity index (χ4v) is 3.62. The molecule has 1 aromatic rings. The van der Waals surface area contributed by atoms with Crippen LogP contribution in [0.15, 0.2) is 45.6 Å². The topological polar surface area (TPSA) is 30.2 Å². The van der Waals surface area contributed by atoms with Crippen molar-refractivity contribution in [1.29, 1.82) is 0 Å². The van der Waals surface area contributed by atoms with Gasteiger partial charge < -0.3 is 4.42 Å². The summed E-state index contributed by atoms with van der Waals surface area (Å²) in [5.74, 6) is 0.676. The monoisotopic (exact) mass is 448 g/mol. The third-order valence-electron chi connectivity index (χ3n) is 2.60. The standard InChI is InChI=1S/C13H6I2O2/c14-9-6-8-5-7-3-1-2-4-10(7)17-13(8)11(15)12(9)16/h1-6H. The quantitative estimate of drug-likeness (QED) is 0.383. The lowest BCUT2D eigenvalue weighted by molar-refractivity contribution is 0.615. The predicted octanol–water partition coefficient (Wildman–Crippen LogP) is 4.11. The Kier molecular flexibility index (Phi) is 2.86. The van der Waals surface area contributed by atoms with Crippen molar-refractivity contribution in [3.8, 4) is 11.3 Å². The maximum Gasteiger partial charge on any atom is 0.209 e. The molecule has 4 heteroatoms. The molecule has 3 rings (SSSR count). The van der Waals surface area contributed by atoms with Gasteiger partial charge in [0.2, 0.25) is 5.43 Å². The summed E-state index contributed by atoms with van der Waals surface area (Å²) in [5, 5.41) is 1.05. The first-order valence-corrected chi connectivity index (χ1v) is 7.13. The summed E-state index contributed by atoms with van der Waals surface area (Å²) in [5.41, 5.74) is 1.81. The lowest BCUT2D eigenvalue weighted by Gasteiger charge is -2.09. The molecule has 0 atom stereocenters. The predicted molar refractivity (Wildman–Crippen MR) is 84.5 cm³/mol. The minimum absolute atomic E-state index is 0.0396. The summed E-state index contributed by atoms with van der Waals surface area (Å²) in [7, 11) is 0. The molecule has 1 aromatic carbocycles. The Labute approximate surface area is 125 Å². The normalized spacial score (nSPS) is 11.2. The van der Waals surface area contributed by atoms with Gasteiger partial charge in [-0.05, 0) is 63.4 Å². The molecule has 0 aromatic heterocycles. The first-order valence-electron chi connectivity index (χ1n) is 4.97. The van der Waals surface area contributed by atoms with Gasteiger partial charge in [-0.3, -0.25) is 4.79 Å². The van der Waals surface area contributed by atoms with Gasteiger partial charge in [-0.1, -0.05) is 18.2 Å². The molecule has 0 radical (unpaired) electrons. The van der Waals surface area contributed by atoms with Crippen molar-refractivity contribution >= 4 is 56.2 Å². The Bertz CT molecular complexity index is 746. The van der Waals surface area contributed by atoms with E-state index >= 15 is 0 Å². The van der Waals surface area contributed by atoms with Crippen molar-refractivity contribution < 1.29 is 4.42 Å². The molecule has 0 fully saturated rings. The molecule has 0 bridgehead atoms. The number of halogens is 2. The van der Waals surface area contributed by atoms with Crippen LogP contribution in [0.25, 0.3) is 22.3 Å². The summed E-state index contributed by atoms with van der Waals surface area (Å²) in [6.45, 7) is 0. The molecule has 0 unspecified atom stereocenters. The molecule has 0 saturated carbocycles. The van der Waals surface area contributed by atoms with E-state index in [1.54, 1.807) is 0 Å². The van der Waals surface area contributed by atoms with Crippen LogP contribution in [0.1, 0.15) is 0 Å². The molecule has 1 aliphatic carbocycles. The smallest absolute Gasteiger partial charge is 0.209 e. The van der Waals surface area contributed by atoms with Crippen LogP contribution in [0.2, 0.25) is 0 Å². The minimum Gasteiger partial charge on any atom is -0.455 e. The van der Waals surface area contributed by atoms with Crippen LogP contribution in [0.3, 0.4) is 0 Å². The first-order chi connectivity index (χ1) is 8.16. The van der Waals surface area contributed by atoms with Gasteiger partial charge in [0.15, 0.2) is 5.76 Å². The molecule has 84 valence electrons. The molecule has 0 saturated heterocycles. The second-order valence-corrected chi connectivity index (χ2v) is 5.95. The highest BCUT2D eigenvalue weighted by molar-refractivity contribution is 14.1. The van der Waals surface area contributed by atoms with Crippen LogP contribution in [0, 0.1) is 7.14 Å². The average molecular weight is 448 g/mol. The van der Waals surface area contributed by atoms with Crippen LogP contribution in [0.5, 0.6) is 0 Å². The van der Waals surface area contributed by atoms with E-state index in [9.17, 15) is 4.79 Å². The van der Waals surface area contributed by atoms with Gasteiger partial charge >= 0.3 is 0 Å².